The molecule has 23 heavy (non-hydrogen) atoms. The minimum Gasteiger partial charge on any atom is -0.223 e. The van der Waals surface area contributed by atoms with Crippen LogP contribution in [0.2, 0.25) is 0 Å². The van der Waals surface area contributed by atoms with Crippen LogP contribution in [0.25, 0.3) is 0 Å². The van der Waals surface area contributed by atoms with Crippen LogP contribution in [0.15, 0.2) is 46.2 Å². The largest absolute Gasteiger partial charge is 0.223 e. The minimum atomic E-state index is -4.73. The maximum atomic E-state index is 13.5. The molecule has 0 heterocycles. The van der Waals surface area contributed by atoms with E-state index in [9.17, 15) is 34.4 Å². The van der Waals surface area contributed by atoms with Crippen LogP contribution in [0.3, 0.4) is 0 Å². The van der Waals surface area contributed by atoms with Crippen molar-refractivity contribution in [3.8, 4) is 0 Å². The molecule has 0 spiro atoms. The van der Waals surface area contributed by atoms with Gasteiger partial charge < -0.3 is 0 Å². The van der Waals surface area contributed by atoms with Gasteiger partial charge in [-0.05, 0) is 24.3 Å². The Labute approximate surface area is 129 Å². The Balaban J connectivity index is 2.47. The molecule has 0 aromatic heterocycles. The average Bonchev–Trinajstić information content (AvgIpc) is 2.35. The lowest BCUT2D eigenvalue weighted by Crippen LogP contribution is -2.19. The first kappa shape index (κ1) is 17.4. The van der Waals surface area contributed by atoms with Crippen molar-refractivity contribution in [2.24, 2.45) is 0 Å². The Morgan fingerprint density at radius 1 is 0.652 bits per heavy atom. The summed E-state index contributed by atoms with van der Waals surface area (Å²) in [6.07, 6.45) is 0. The molecule has 4 nitrogen and oxygen atoms in total. The van der Waals surface area contributed by atoms with Crippen molar-refractivity contribution in [3.05, 3.63) is 59.7 Å². The van der Waals surface area contributed by atoms with Crippen LogP contribution in [0.5, 0.6) is 0 Å². The van der Waals surface area contributed by atoms with Crippen LogP contribution in [0.1, 0.15) is 0 Å². The topological polar surface area (TPSA) is 68.3 Å². The molecule has 0 bridgehead atoms. The summed E-state index contributed by atoms with van der Waals surface area (Å²) in [6, 6.07) is 2.96. The third-order valence-corrected chi connectivity index (χ3v) is 7.25. The molecular weight excluding hydrogens is 360 g/mol. The summed E-state index contributed by atoms with van der Waals surface area (Å²) < 4.78 is 101. The van der Waals surface area contributed by atoms with Gasteiger partial charge >= 0.3 is 0 Å². The van der Waals surface area contributed by atoms with E-state index in [-0.39, 0.29) is 12.1 Å². The van der Waals surface area contributed by atoms with E-state index >= 15 is 0 Å². The highest BCUT2D eigenvalue weighted by atomic mass is 32.3. The van der Waals surface area contributed by atoms with E-state index in [0.29, 0.717) is 24.3 Å². The number of rotatable bonds is 4. The number of halogens is 4. The maximum absolute atomic E-state index is 13.5. The minimum absolute atomic E-state index is 0.276. The zero-order valence-corrected chi connectivity index (χ0v) is 12.8. The first-order chi connectivity index (χ1) is 10.5. The summed E-state index contributed by atoms with van der Waals surface area (Å²) in [5.74, 6) is -5.04. The summed E-state index contributed by atoms with van der Waals surface area (Å²) in [5.41, 5.74) is 0. The number of hydrogen-bond acceptors (Lipinski definition) is 4. The third-order valence-electron chi connectivity index (χ3n) is 2.77. The van der Waals surface area contributed by atoms with E-state index in [1.807, 2.05) is 0 Å². The zero-order valence-electron chi connectivity index (χ0n) is 11.1. The van der Waals surface area contributed by atoms with Gasteiger partial charge in [0, 0.05) is 12.1 Å². The molecule has 2 aromatic carbocycles. The number of hydrogen-bond donors (Lipinski definition) is 0. The van der Waals surface area contributed by atoms with Gasteiger partial charge in [-0.1, -0.05) is 0 Å². The van der Waals surface area contributed by atoms with Crippen LogP contribution in [-0.4, -0.2) is 21.9 Å². The molecule has 0 N–H and O–H groups in total. The van der Waals surface area contributed by atoms with Gasteiger partial charge in [0.1, 0.15) is 33.1 Å². The lowest BCUT2D eigenvalue weighted by atomic mass is 10.3. The van der Waals surface area contributed by atoms with E-state index < -0.39 is 57.8 Å². The monoisotopic (exact) mass is 368 g/mol. The Morgan fingerprint density at radius 3 is 1.30 bits per heavy atom. The SMILES string of the molecule is O=S(=O)(CS(=O)(=O)c1ccc(F)cc1F)c1ccc(F)cc1F. The molecule has 0 aliphatic heterocycles. The van der Waals surface area contributed by atoms with Crippen LogP contribution >= 0.6 is 0 Å². The van der Waals surface area contributed by atoms with Crippen molar-refractivity contribution >= 4 is 19.7 Å². The molecule has 10 heteroatoms. The van der Waals surface area contributed by atoms with Gasteiger partial charge in [-0.3, -0.25) is 0 Å². The fourth-order valence-corrected chi connectivity index (χ4v) is 5.70. The molecule has 0 amide bonds. The normalized spacial score (nSPS) is 12.3. The van der Waals surface area contributed by atoms with Gasteiger partial charge in [-0.25, -0.2) is 34.4 Å². The standard InChI is InChI=1S/C13H8F4O4S2/c14-8-1-3-12(10(16)5-8)22(18,19)7-23(20,21)13-4-2-9(15)6-11(13)17/h1-6H,7H2. The molecule has 2 aromatic rings. The lowest BCUT2D eigenvalue weighted by Gasteiger charge is -2.08. The van der Waals surface area contributed by atoms with E-state index in [2.05, 4.69) is 0 Å². The first-order valence-corrected chi connectivity index (χ1v) is 9.19. The first-order valence-electron chi connectivity index (χ1n) is 5.88. The fourth-order valence-electron chi connectivity index (χ4n) is 1.79. The molecule has 2 rings (SSSR count). The van der Waals surface area contributed by atoms with E-state index in [4.69, 9.17) is 0 Å². The van der Waals surface area contributed by atoms with Crippen molar-refractivity contribution in [3.63, 3.8) is 0 Å². The molecule has 0 atom stereocenters. The second-order valence-electron chi connectivity index (χ2n) is 4.50. The van der Waals surface area contributed by atoms with Crippen LogP contribution in [0.4, 0.5) is 17.6 Å². The number of benzene rings is 2. The van der Waals surface area contributed by atoms with Gasteiger partial charge in [0.15, 0.2) is 24.8 Å². The lowest BCUT2D eigenvalue weighted by molar-refractivity contribution is 0.547. The van der Waals surface area contributed by atoms with E-state index in [1.165, 1.54) is 0 Å². The highest BCUT2D eigenvalue weighted by molar-refractivity contribution is 8.08. The van der Waals surface area contributed by atoms with Gasteiger partial charge in [-0.2, -0.15) is 0 Å². The quantitative estimate of drug-likeness (QED) is 0.614. The molecule has 0 saturated heterocycles. The third kappa shape index (κ3) is 3.70. The average molecular weight is 368 g/mol. The van der Waals surface area contributed by atoms with Gasteiger partial charge in [0.2, 0.25) is 0 Å². The zero-order chi connectivity index (χ0) is 17.4. The Hall–Kier alpha value is -1.94. The van der Waals surface area contributed by atoms with Crippen molar-refractivity contribution < 1.29 is 34.4 Å². The molecule has 124 valence electrons. The number of sulfone groups is 2. The molecule has 0 aliphatic carbocycles. The van der Waals surface area contributed by atoms with Gasteiger partial charge in [0.05, 0.1) is 0 Å². The Kier molecular flexibility index (Phi) is 4.49. The van der Waals surface area contributed by atoms with Crippen LogP contribution in [-0.2, 0) is 19.7 Å². The van der Waals surface area contributed by atoms with Gasteiger partial charge in [-0.15, -0.1) is 0 Å². The van der Waals surface area contributed by atoms with Gasteiger partial charge in [0.25, 0.3) is 0 Å². The second-order valence-corrected chi connectivity index (χ2v) is 8.78. The summed E-state index contributed by atoms with van der Waals surface area (Å²) in [4.78, 5) is -2.07. The molecule has 0 fully saturated rings. The van der Waals surface area contributed by atoms with E-state index in [1.54, 1.807) is 0 Å². The smallest absolute Gasteiger partial charge is 0.195 e. The maximum Gasteiger partial charge on any atom is 0.195 e. The van der Waals surface area contributed by atoms with Crippen molar-refractivity contribution in [1.82, 2.24) is 0 Å². The van der Waals surface area contributed by atoms with Crippen molar-refractivity contribution in [2.45, 2.75) is 9.79 Å². The molecular formula is C13H8F4O4S2. The van der Waals surface area contributed by atoms with Crippen molar-refractivity contribution in [2.75, 3.05) is 5.08 Å². The van der Waals surface area contributed by atoms with Crippen LogP contribution in [0, 0.1) is 23.3 Å². The summed E-state index contributed by atoms with van der Waals surface area (Å²) >= 11 is 0. The highest BCUT2D eigenvalue weighted by Crippen LogP contribution is 2.23. The molecule has 0 radical (unpaired) electrons. The van der Waals surface area contributed by atoms with Crippen molar-refractivity contribution in [1.29, 1.82) is 0 Å². The molecule has 0 unspecified atom stereocenters. The summed E-state index contributed by atoms with van der Waals surface area (Å²) in [6.45, 7) is 0. The Bertz CT molecular complexity index is 890. The van der Waals surface area contributed by atoms with E-state index in [0.717, 1.165) is 0 Å². The predicted molar refractivity (Wildman–Crippen MR) is 72.0 cm³/mol. The Morgan fingerprint density at radius 2 is 1.00 bits per heavy atom. The fraction of sp³-hybridized carbons (Fsp3) is 0.0769. The predicted octanol–water partition coefficient (Wildman–Crippen LogP) is 2.45. The van der Waals surface area contributed by atoms with Crippen LogP contribution < -0.4 is 0 Å². The summed E-state index contributed by atoms with van der Waals surface area (Å²) in [5, 5.41) is -1.65. The second kappa shape index (κ2) is 5.93. The molecule has 0 saturated carbocycles. The highest BCUT2D eigenvalue weighted by Gasteiger charge is 2.30. The summed E-state index contributed by atoms with van der Waals surface area (Å²) in [7, 11) is -9.46. The molecule has 0 aliphatic rings.